The Kier molecular flexibility index (Phi) is 4.69. The van der Waals surface area contributed by atoms with E-state index in [2.05, 4.69) is 4.72 Å². The molecule has 0 saturated carbocycles. The van der Waals surface area contributed by atoms with Crippen LogP contribution < -0.4 is 4.72 Å². The lowest BCUT2D eigenvalue weighted by Gasteiger charge is -2.11. The molecule has 2 N–H and O–H groups in total. The van der Waals surface area contributed by atoms with Gasteiger partial charge in [0.05, 0.1) is 17.2 Å². The number of aliphatic hydroxyl groups excluding tert-OH is 1. The standard InChI is InChI=1S/C14H15NO3S2/c1-19-14-8-3-2-7-13(14)15-20(17,18)12-6-4-5-11(9-12)10-16/h2-9,15-16H,10H2,1H3. The van der Waals surface area contributed by atoms with E-state index in [0.29, 0.717) is 11.3 Å². The number of thioether (sulfide) groups is 1. The van der Waals surface area contributed by atoms with Crippen LogP contribution in [0.1, 0.15) is 5.56 Å². The fourth-order valence-corrected chi connectivity index (χ4v) is 3.51. The first-order valence-corrected chi connectivity index (χ1v) is 8.63. The fourth-order valence-electron chi connectivity index (χ4n) is 1.74. The SMILES string of the molecule is CSc1ccccc1NS(=O)(=O)c1cccc(CO)c1. The van der Waals surface area contributed by atoms with Gasteiger partial charge in [-0.2, -0.15) is 0 Å². The topological polar surface area (TPSA) is 66.4 Å². The Hall–Kier alpha value is -1.50. The lowest BCUT2D eigenvalue weighted by atomic mass is 10.2. The van der Waals surface area contributed by atoms with Crippen molar-refractivity contribution < 1.29 is 13.5 Å². The second kappa shape index (κ2) is 6.30. The van der Waals surface area contributed by atoms with E-state index in [-0.39, 0.29) is 11.5 Å². The highest BCUT2D eigenvalue weighted by molar-refractivity contribution is 7.99. The molecule has 106 valence electrons. The minimum atomic E-state index is -3.65. The van der Waals surface area contributed by atoms with E-state index in [0.717, 1.165) is 4.90 Å². The summed E-state index contributed by atoms with van der Waals surface area (Å²) >= 11 is 1.47. The molecule has 0 aliphatic rings. The number of nitrogens with one attached hydrogen (secondary N) is 1. The molecule has 0 aromatic heterocycles. The predicted molar refractivity (Wildman–Crippen MR) is 81.4 cm³/mol. The molecule has 0 saturated heterocycles. The van der Waals surface area contributed by atoms with E-state index in [9.17, 15) is 8.42 Å². The van der Waals surface area contributed by atoms with Crippen LogP contribution in [0.4, 0.5) is 5.69 Å². The van der Waals surface area contributed by atoms with Crippen molar-refractivity contribution in [2.24, 2.45) is 0 Å². The van der Waals surface area contributed by atoms with Crippen LogP contribution in [0.25, 0.3) is 0 Å². The lowest BCUT2D eigenvalue weighted by Crippen LogP contribution is -2.13. The highest BCUT2D eigenvalue weighted by atomic mass is 32.2. The summed E-state index contributed by atoms with van der Waals surface area (Å²) in [5, 5.41) is 9.08. The first kappa shape index (κ1) is 14.9. The van der Waals surface area contributed by atoms with E-state index in [1.165, 1.54) is 23.9 Å². The van der Waals surface area contributed by atoms with Crippen molar-refractivity contribution in [3.63, 3.8) is 0 Å². The molecule has 20 heavy (non-hydrogen) atoms. The number of para-hydroxylation sites is 1. The van der Waals surface area contributed by atoms with Crippen molar-refractivity contribution in [1.82, 2.24) is 0 Å². The first-order valence-electron chi connectivity index (χ1n) is 5.92. The molecule has 0 aliphatic carbocycles. The Bertz CT molecular complexity index is 699. The molecule has 0 heterocycles. The van der Waals surface area contributed by atoms with E-state index >= 15 is 0 Å². The zero-order valence-corrected chi connectivity index (χ0v) is 12.5. The number of sulfonamides is 1. The number of anilines is 1. The second-order valence-electron chi connectivity index (χ2n) is 4.11. The van der Waals surface area contributed by atoms with Gasteiger partial charge < -0.3 is 5.11 Å². The summed E-state index contributed by atoms with van der Waals surface area (Å²) in [6, 6.07) is 13.5. The van der Waals surface area contributed by atoms with Crippen molar-refractivity contribution in [2.45, 2.75) is 16.4 Å². The Morgan fingerprint density at radius 2 is 1.90 bits per heavy atom. The van der Waals surface area contributed by atoms with Crippen LogP contribution >= 0.6 is 11.8 Å². The van der Waals surface area contributed by atoms with Crippen molar-refractivity contribution >= 4 is 27.5 Å². The normalized spacial score (nSPS) is 11.3. The molecule has 0 unspecified atom stereocenters. The zero-order valence-electron chi connectivity index (χ0n) is 10.9. The molecule has 0 aliphatic heterocycles. The maximum absolute atomic E-state index is 12.3. The summed E-state index contributed by atoms with van der Waals surface area (Å²) in [6.07, 6.45) is 1.89. The van der Waals surface area contributed by atoms with Crippen molar-refractivity contribution in [3.05, 3.63) is 54.1 Å². The Labute approximate surface area is 122 Å². The van der Waals surface area contributed by atoms with Gasteiger partial charge >= 0.3 is 0 Å². The second-order valence-corrected chi connectivity index (χ2v) is 6.64. The molecule has 0 fully saturated rings. The van der Waals surface area contributed by atoms with Gasteiger partial charge in [0.25, 0.3) is 10.0 Å². The van der Waals surface area contributed by atoms with Gasteiger partial charge in [0.2, 0.25) is 0 Å². The molecular formula is C14H15NO3S2. The third-order valence-corrected chi connectivity index (χ3v) is 4.90. The first-order chi connectivity index (χ1) is 9.56. The summed E-state index contributed by atoms with van der Waals surface area (Å²) < 4.78 is 27.2. The fraction of sp³-hybridized carbons (Fsp3) is 0.143. The molecule has 2 aromatic carbocycles. The monoisotopic (exact) mass is 309 g/mol. The summed E-state index contributed by atoms with van der Waals surface area (Å²) in [5.41, 5.74) is 1.11. The van der Waals surface area contributed by atoms with Gasteiger partial charge in [-0.3, -0.25) is 4.72 Å². The van der Waals surface area contributed by atoms with E-state index < -0.39 is 10.0 Å². The number of hydrogen-bond donors (Lipinski definition) is 2. The van der Waals surface area contributed by atoms with Gasteiger partial charge in [0, 0.05) is 4.90 Å². The van der Waals surface area contributed by atoms with Gasteiger partial charge in [-0.1, -0.05) is 24.3 Å². The number of hydrogen-bond acceptors (Lipinski definition) is 4. The van der Waals surface area contributed by atoms with Gasteiger partial charge in [-0.25, -0.2) is 8.42 Å². The summed E-state index contributed by atoms with van der Waals surface area (Å²) in [4.78, 5) is 0.995. The summed E-state index contributed by atoms with van der Waals surface area (Å²) in [6.45, 7) is -0.190. The van der Waals surface area contributed by atoms with Crippen LogP contribution in [-0.2, 0) is 16.6 Å². The highest BCUT2D eigenvalue weighted by Gasteiger charge is 2.16. The molecule has 0 atom stereocenters. The van der Waals surface area contributed by atoms with Gasteiger partial charge in [-0.05, 0) is 36.1 Å². The average molecular weight is 309 g/mol. The van der Waals surface area contributed by atoms with Crippen LogP contribution in [0.5, 0.6) is 0 Å². The molecular weight excluding hydrogens is 294 g/mol. The Balaban J connectivity index is 2.35. The number of rotatable bonds is 5. The largest absolute Gasteiger partial charge is 0.392 e. The van der Waals surface area contributed by atoms with Crippen LogP contribution in [-0.4, -0.2) is 19.8 Å². The van der Waals surface area contributed by atoms with Crippen LogP contribution in [0.3, 0.4) is 0 Å². The zero-order chi connectivity index (χ0) is 14.6. The van der Waals surface area contributed by atoms with E-state index in [4.69, 9.17) is 5.11 Å². The van der Waals surface area contributed by atoms with Gasteiger partial charge in [-0.15, -0.1) is 11.8 Å². The molecule has 4 nitrogen and oxygen atoms in total. The molecule has 0 bridgehead atoms. The molecule has 2 aromatic rings. The highest BCUT2D eigenvalue weighted by Crippen LogP contribution is 2.27. The quantitative estimate of drug-likeness (QED) is 0.833. The summed E-state index contributed by atoms with van der Waals surface area (Å²) in [7, 11) is -3.65. The Morgan fingerprint density at radius 3 is 2.60 bits per heavy atom. The average Bonchev–Trinajstić information content (AvgIpc) is 2.47. The molecule has 2 rings (SSSR count). The van der Waals surface area contributed by atoms with E-state index in [1.807, 2.05) is 18.4 Å². The minimum absolute atomic E-state index is 0.139. The van der Waals surface area contributed by atoms with Crippen molar-refractivity contribution in [3.8, 4) is 0 Å². The minimum Gasteiger partial charge on any atom is -0.392 e. The maximum atomic E-state index is 12.3. The van der Waals surface area contributed by atoms with Gasteiger partial charge in [0.15, 0.2) is 0 Å². The molecule has 0 radical (unpaired) electrons. The smallest absolute Gasteiger partial charge is 0.261 e. The molecule has 6 heteroatoms. The third kappa shape index (κ3) is 3.33. The van der Waals surface area contributed by atoms with Crippen LogP contribution in [0, 0.1) is 0 Å². The van der Waals surface area contributed by atoms with Gasteiger partial charge in [0.1, 0.15) is 0 Å². The van der Waals surface area contributed by atoms with E-state index in [1.54, 1.807) is 24.3 Å². The molecule has 0 spiro atoms. The van der Waals surface area contributed by atoms with Crippen LogP contribution in [0.2, 0.25) is 0 Å². The lowest BCUT2D eigenvalue weighted by molar-refractivity contribution is 0.281. The maximum Gasteiger partial charge on any atom is 0.261 e. The predicted octanol–water partition coefficient (Wildman–Crippen LogP) is 2.70. The summed E-state index contributed by atoms with van der Waals surface area (Å²) in [5.74, 6) is 0. The van der Waals surface area contributed by atoms with Crippen molar-refractivity contribution in [1.29, 1.82) is 0 Å². The number of benzene rings is 2. The number of aliphatic hydroxyl groups is 1. The van der Waals surface area contributed by atoms with Crippen molar-refractivity contribution in [2.75, 3.05) is 11.0 Å². The van der Waals surface area contributed by atoms with Crippen LogP contribution in [0.15, 0.2) is 58.3 Å². The Morgan fingerprint density at radius 1 is 1.15 bits per heavy atom. The molecule has 0 amide bonds. The third-order valence-electron chi connectivity index (χ3n) is 2.74.